The number of aliphatic hydroxyl groups excluding tert-OH is 1. The molecule has 0 rings (SSSR count). The molecule has 0 amide bonds. The van der Waals surface area contributed by atoms with Gasteiger partial charge in [0.2, 0.25) is 10.0 Å². The van der Waals surface area contributed by atoms with Crippen LogP contribution in [-0.2, 0) is 24.3 Å². The normalized spacial score (nSPS) is 11.8. The molecular formula is C10H21NO6S. The van der Waals surface area contributed by atoms with Crippen LogP contribution in [0.15, 0.2) is 0 Å². The van der Waals surface area contributed by atoms with Crippen molar-refractivity contribution < 1.29 is 27.8 Å². The molecule has 0 spiro atoms. The second kappa shape index (κ2) is 9.26. The van der Waals surface area contributed by atoms with E-state index in [-0.39, 0.29) is 45.1 Å². The Morgan fingerprint density at radius 3 is 2.50 bits per heavy atom. The lowest BCUT2D eigenvalue weighted by Crippen LogP contribution is -2.38. The number of sulfonamides is 1. The highest BCUT2D eigenvalue weighted by Crippen LogP contribution is 2.04. The van der Waals surface area contributed by atoms with Crippen LogP contribution in [-0.4, -0.2) is 69.6 Å². The van der Waals surface area contributed by atoms with Crippen LogP contribution in [0, 0.1) is 0 Å². The Balaban J connectivity index is 4.39. The van der Waals surface area contributed by atoms with Gasteiger partial charge in [0.05, 0.1) is 32.0 Å². The molecule has 0 bridgehead atoms. The molecular weight excluding hydrogens is 262 g/mol. The lowest BCUT2D eigenvalue weighted by Gasteiger charge is -2.20. The molecule has 1 N–H and O–H groups in total. The van der Waals surface area contributed by atoms with Gasteiger partial charge in [-0.25, -0.2) is 8.42 Å². The number of rotatable bonds is 10. The third kappa shape index (κ3) is 6.90. The predicted octanol–water partition coefficient (Wildman–Crippen LogP) is -0.790. The molecule has 18 heavy (non-hydrogen) atoms. The number of hydrogen-bond acceptors (Lipinski definition) is 6. The molecule has 0 aliphatic rings. The first-order valence-electron chi connectivity index (χ1n) is 5.71. The van der Waals surface area contributed by atoms with Crippen LogP contribution in [0.3, 0.4) is 0 Å². The van der Waals surface area contributed by atoms with Gasteiger partial charge in [0.1, 0.15) is 0 Å². The summed E-state index contributed by atoms with van der Waals surface area (Å²) in [6.45, 7) is 1.99. The first-order chi connectivity index (χ1) is 8.47. The second-order valence-corrected chi connectivity index (χ2v) is 5.57. The number of esters is 1. The summed E-state index contributed by atoms with van der Waals surface area (Å²) in [5.74, 6) is -0.869. The number of hydrogen-bond donors (Lipinski definition) is 1. The number of ether oxygens (including phenoxy) is 2. The van der Waals surface area contributed by atoms with Crippen molar-refractivity contribution in [2.45, 2.75) is 13.3 Å². The van der Waals surface area contributed by atoms with Gasteiger partial charge in [-0.1, -0.05) is 0 Å². The van der Waals surface area contributed by atoms with Crippen molar-refractivity contribution in [3.63, 3.8) is 0 Å². The van der Waals surface area contributed by atoms with E-state index < -0.39 is 16.0 Å². The van der Waals surface area contributed by atoms with Crippen LogP contribution in [0.4, 0.5) is 0 Å². The van der Waals surface area contributed by atoms with E-state index in [1.807, 2.05) is 0 Å². The molecule has 0 aliphatic heterocycles. The summed E-state index contributed by atoms with van der Waals surface area (Å²) >= 11 is 0. The highest BCUT2D eigenvalue weighted by molar-refractivity contribution is 7.89. The zero-order valence-corrected chi connectivity index (χ0v) is 11.6. The molecule has 0 heterocycles. The van der Waals surface area contributed by atoms with E-state index in [1.165, 1.54) is 7.11 Å². The molecule has 0 unspecified atom stereocenters. The Hall–Kier alpha value is -0.700. The zero-order chi connectivity index (χ0) is 14.0. The van der Waals surface area contributed by atoms with Crippen molar-refractivity contribution in [1.29, 1.82) is 0 Å². The fourth-order valence-electron chi connectivity index (χ4n) is 1.27. The maximum atomic E-state index is 11.9. The Bertz CT molecular complexity index is 329. The van der Waals surface area contributed by atoms with Gasteiger partial charge in [-0.2, -0.15) is 4.31 Å². The first-order valence-corrected chi connectivity index (χ1v) is 7.32. The lowest BCUT2D eigenvalue weighted by atomic mass is 10.5. The van der Waals surface area contributed by atoms with Crippen LogP contribution < -0.4 is 0 Å². The molecule has 0 aromatic carbocycles. The fourth-order valence-corrected chi connectivity index (χ4v) is 2.66. The Labute approximate surface area is 108 Å². The maximum absolute atomic E-state index is 11.9. The summed E-state index contributed by atoms with van der Waals surface area (Å²) in [5.41, 5.74) is 0. The monoisotopic (exact) mass is 283 g/mol. The van der Waals surface area contributed by atoms with Gasteiger partial charge in [0.15, 0.2) is 0 Å². The van der Waals surface area contributed by atoms with E-state index in [4.69, 9.17) is 9.84 Å². The first kappa shape index (κ1) is 17.3. The second-order valence-electron chi connectivity index (χ2n) is 3.49. The topological polar surface area (TPSA) is 93.1 Å². The minimum atomic E-state index is -3.58. The minimum absolute atomic E-state index is 0.00544. The predicted molar refractivity (Wildman–Crippen MR) is 65.6 cm³/mol. The quantitative estimate of drug-likeness (QED) is 0.528. The average molecular weight is 283 g/mol. The summed E-state index contributed by atoms with van der Waals surface area (Å²) in [5, 5.41) is 8.82. The van der Waals surface area contributed by atoms with Crippen molar-refractivity contribution in [3.05, 3.63) is 0 Å². The lowest BCUT2D eigenvalue weighted by molar-refractivity contribution is -0.142. The van der Waals surface area contributed by atoms with E-state index in [0.717, 1.165) is 4.31 Å². The third-order valence-corrected chi connectivity index (χ3v) is 4.03. The van der Waals surface area contributed by atoms with E-state index in [2.05, 4.69) is 4.74 Å². The fraction of sp³-hybridized carbons (Fsp3) is 0.900. The molecule has 0 atom stereocenters. The summed E-state index contributed by atoms with van der Waals surface area (Å²) in [4.78, 5) is 11.1. The van der Waals surface area contributed by atoms with Crippen LogP contribution in [0.5, 0.6) is 0 Å². The van der Waals surface area contributed by atoms with Gasteiger partial charge in [-0.05, 0) is 6.92 Å². The van der Waals surface area contributed by atoms with Gasteiger partial charge in [0.25, 0.3) is 0 Å². The van der Waals surface area contributed by atoms with Crippen LogP contribution in [0.1, 0.15) is 13.3 Å². The van der Waals surface area contributed by atoms with Crippen LogP contribution in [0.2, 0.25) is 0 Å². The summed E-state index contributed by atoms with van der Waals surface area (Å²) in [6, 6.07) is 0. The van der Waals surface area contributed by atoms with Crippen molar-refractivity contribution >= 4 is 16.0 Å². The van der Waals surface area contributed by atoms with Crippen molar-refractivity contribution in [3.8, 4) is 0 Å². The molecule has 0 saturated carbocycles. The molecule has 7 nitrogen and oxygen atoms in total. The molecule has 0 radical (unpaired) electrons. The van der Waals surface area contributed by atoms with Gasteiger partial charge in [0, 0.05) is 20.2 Å². The third-order valence-electron chi connectivity index (χ3n) is 2.16. The minimum Gasteiger partial charge on any atom is -0.466 e. The van der Waals surface area contributed by atoms with Gasteiger partial charge in [-0.15, -0.1) is 0 Å². The number of methoxy groups -OCH3 is 1. The van der Waals surface area contributed by atoms with E-state index >= 15 is 0 Å². The summed E-state index contributed by atoms with van der Waals surface area (Å²) in [6.07, 6.45) is -0.189. The highest BCUT2D eigenvalue weighted by atomic mass is 32.2. The van der Waals surface area contributed by atoms with Crippen molar-refractivity contribution in [2.24, 2.45) is 0 Å². The maximum Gasteiger partial charge on any atom is 0.306 e. The summed E-state index contributed by atoms with van der Waals surface area (Å²) < 4.78 is 34.3. The number of nitrogens with zero attached hydrogens (tertiary/aromatic N) is 1. The summed E-state index contributed by atoms with van der Waals surface area (Å²) in [7, 11) is -2.12. The average Bonchev–Trinajstić information content (AvgIpc) is 2.32. The molecule has 0 aliphatic carbocycles. The van der Waals surface area contributed by atoms with E-state index in [9.17, 15) is 13.2 Å². The number of aliphatic hydroxyl groups is 1. The van der Waals surface area contributed by atoms with Crippen molar-refractivity contribution in [2.75, 3.05) is 45.8 Å². The largest absolute Gasteiger partial charge is 0.466 e. The Kier molecular flexibility index (Phi) is 8.90. The molecule has 0 fully saturated rings. The molecule has 0 aromatic heterocycles. The number of carbonyl (C=O) groups excluding carboxylic acids is 1. The van der Waals surface area contributed by atoms with Gasteiger partial charge >= 0.3 is 5.97 Å². The van der Waals surface area contributed by atoms with Crippen molar-refractivity contribution in [1.82, 2.24) is 4.31 Å². The van der Waals surface area contributed by atoms with Crippen LogP contribution in [0.25, 0.3) is 0 Å². The molecule has 0 aromatic rings. The van der Waals surface area contributed by atoms with Gasteiger partial charge in [-0.3, -0.25) is 4.79 Å². The molecule has 8 heteroatoms. The van der Waals surface area contributed by atoms with Gasteiger partial charge < -0.3 is 14.6 Å². The van der Waals surface area contributed by atoms with Crippen LogP contribution >= 0.6 is 0 Å². The zero-order valence-electron chi connectivity index (χ0n) is 10.8. The molecule has 108 valence electrons. The molecule has 0 saturated heterocycles. The smallest absolute Gasteiger partial charge is 0.306 e. The Morgan fingerprint density at radius 2 is 2.00 bits per heavy atom. The Morgan fingerprint density at radius 1 is 1.33 bits per heavy atom. The SMILES string of the molecule is CCOC(=O)CCS(=O)(=O)N(CCO)CCOC. The van der Waals surface area contributed by atoms with E-state index in [0.29, 0.717) is 0 Å². The standard InChI is InChI=1S/C10H21NO6S/c1-3-17-10(13)4-9-18(14,15)11(5-7-12)6-8-16-2/h12H,3-9H2,1-2H3. The number of carbonyl (C=O) groups is 1. The highest BCUT2D eigenvalue weighted by Gasteiger charge is 2.22. The van der Waals surface area contributed by atoms with E-state index in [1.54, 1.807) is 6.92 Å².